The first kappa shape index (κ1) is 14.1. The number of imidazole rings is 1. The molecule has 1 saturated carbocycles. The van der Waals surface area contributed by atoms with E-state index in [0.717, 1.165) is 18.5 Å². The fourth-order valence-corrected chi connectivity index (χ4v) is 2.76. The molecule has 5 nitrogen and oxygen atoms in total. The molecule has 1 heterocycles. The smallest absolute Gasteiger partial charge is 0.236 e. The van der Waals surface area contributed by atoms with Crippen LogP contribution < -0.4 is 11.1 Å². The van der Waals surface area contributed by atoms with E-state index in [9.17, 15) is 4.79 Å². The molecule has 0 radical (unpaired) electrons. The van der Waals surface area contributed by atoms with Crippen LogP contribution in [0.15, 0.2) is 12.5 Å². The Bertz CT molecular complexity index is 371. The van der Waals surface area contributed by atoms with Crippen molar-refractivity contribution in [1.82, 2.24) is 15.3 Å². The van der Waals surface area contributed by atoms with Gasteiger partial charge in [0.15, 0.2) is 0 Å². The van der Waals surface area contributed by atoms with Gasteiger partial charge < -0.3 is 16.0 Å². The molecule has 1 aliphatic carbocycles. The zero-order chi connectivity index (χ0) is 13.5. The van der Waals surface area contributed by atoms with Crippen molar-refractivity contribution in [1.29, 1.82) is 0 Å². The van der Waals surface area contributed by atoms with Gasteiger partial charge in [-0.3, -0.25) is 4.79 Å². The molecule has 0 bridgehead atoms. The molecular formula is C14H24N4O. The first-order valence-corrected chi connectivity index (χ1v) is 7.26. The van der Waals surface area contributed by atoms with E-state index in [0.29, 0.717) is 12.5 Å². The molecule has 2 rings (SSSR count). The van der Waals surface area contributed by atoms with E-state index in [-0.39, 0.29) is 11.9 Å². The number of nitrogens with one attached hydrogen (secondary N) is 2. The molecule has 0 aliphatic heterocycles. The number of hydrogen-bond donors (Lipinski definition) is 3. The lowest BCUT2D eigenvalue weighted by Crippen LogP contribution is -2.42. The Morgan fingerprint density at radius 3 is 2.95 bits per heavy atom. The van der Waals surface area contributed by atoms with Crippen LogP contribution in [0, 0.1) is 5.92 Å². The van der Waals surface area contributed by atoms with Gasteiger partial charge in [0, 0.05) is 24.9 Å². The topological polar surface area (TPSA) is 83.8 Å². The highest BCUT2D eigenvalue weighted by molar-refractivity contribution is 5.81. The minimum atomic E-state index is -0.357. The van der Waals surface area contributed by atoms with E-state index in [1.165, 1.54) is 32.1 Å². The Morgan fingerprint density at radius 1 is 1.47 bits per heavy atom. The molecule has 1 aromatic rings. The number of amides is 1. The number of carbonyl (C=O) groups is 1. The van der Waals surface area contributed by atoms with Gasteiger partial charge >= 0.3 is 0 Å². The van der Waals surface area contributed by atoms with Crippen molar-refractivity contribution in [3.8, 4) is 0 Å². The minimum Gasteiger partial charge on any atom is -0.354 e. The highest BCUT2D eigenvalue weighted by Crippen LogP contribution is 2.26. The molecule has 106 valence electrons. The van der Waals surface area contributed by atoms with Crippen LogP contribution in [0.4, 0.5) is 0 Å². The fourth-order valence-electron chi connectivity index (χ4n) is 2.76. The number of H-pyrrole nitrogens is 1. The van der Waals surface area contributed by atoms with Crippen LogP contribution in [0.25, 0.3) is 0 Å². The third-order valence-electron chi connectivity index (χ3n) is 3.90. The van der Waals surface area contributed by atoms with Crippen molar-refractivity contribution in [2.75, 3.05) is 6.54 Å². The zero-order valence-electron chi connectivity index (χ0n) is 11.4. The lowest BCUT2D eigenvalue weighted by molar-refractivity contribution is -0.122. The maximum atomic E-state index is 11.9. The van der Waals surface area contributed by atoms with Crippen molar-refractivity contribution in [3.63, 3.8) is 0 Å². The van der Waals surface area contributed by atoms with Gasteiger partial charge in [0.2, 0.25) is 5.91 Å². The first-order chi connectivity index (χ1) is 9.25. The normalized spacial score (nSPS) is 18.2. The summed E-state index contributed by atoms with van der Waals surface area (Å²) in [5.41, 5.74) is 7.00. The Hall–Kier alpha value is -1.36. The molecule has 1 aliphatic rings. The number of carbonyl (C=O) groups excluding carboxylic acids is 1. The summed E-state index contributed by atoms with van der Waals surface area (Å²) in [5.74, 6) is 0.618. The molecule has 0 aromatic carbocycles. The highest BCUT2D eigenvalue weighted by Gasteiger charge is 2.20. The van der Waals surface area contributed by atoms with E-state index in [4.69, 9.17) is 5.73 Å². The summed E-state index contributed by atoms with van der Waals surface area (Å²) in [5, 5.41) is 2.90. The van der Waals surface area contributed by atoms with Crippen LogP contribution in [0.3, 0.4) is 0 Å². The quantitative estimate of drug-likeness (QED) is 0.725. The summed E-state index contributed by atoms with van der Waals surface area (Å²) in [6.45, 7) is 0.611. The number of aromatic amines is 1. The highest BCUT2D eigenvalue weighted by atomic mass is 16.2. The number of nitrogens with two attached hydrogens (primary N) is 1. The summed E-state index contributed by atoms with van der Waals surface area (Å²) in [6.07, 6.45) is 11.4. The van der Waals surface area contributed by atoms with Gasteiger partial charge in [-0.2, -0.15) is 0 Å². The molecule has 0 unspecified atom stereocenters. The van der Waals surface area contributed by atoms with Crippen LogP contribution >= 0.6 is 0 Å². The summed E-state index contributed by atoms with van der Waals surface area (Å²) < 4.78 is 0. The third kappa shape index (κ3) is 4.67. The SMILES string of the molecule is N[C@@H](CC1CCCCC1)C(=O)NCCc1cnc[nH]1. The number of rotatable bonds is 6. The van der Waals surface area contributed by atoms with Gasteiger partial charge in [-0.25, -0.2) is 4.98 Å². The lowest BCUT2D eigenvalue weighted by atomic mass is 9.85. The average Bonchev–Trinajstić information content (AvgIpc) is 2.93. The van der Waals surface area contributed by atoms with Crippen LogP contribution in [0.1, 0.15) is 44.2 Å². The van der Waals surface area contributed by atoms with Crippen molar-refractivity contribution in [3.05, 3.63) is 18.2 Å². The summed E-state index contributed by atoms with van der Waals surface area (Å²) >= 11 is 0. The van der Waals surface area contributed by atoms with Gasteiger partial charge in [0.05, 0.1) is 12.4 Å². The van der Waals surface area contributed by atoms with E-state index < -0.39 is 0 Å². The van der Waals surface area contributed by atoms with Crippen LogP contribution in [0.5, 0.6) is 0 Å². The Kier molecular flexibility index (Phi) is 5.39. The van der Waals surface area contributed by atoms with Crippen molar-refractivity contribution in [2.45, 2.75) is 51.0 Å². The minimum absolute atomic E-state index is 0.0231. The van der Waals surface area contributed by atoms with Gasteiger partial charge in [-0.15, -0.1) is 0 Å². The van der Waals surface area contributed by atoms with Crippen molar-refractivity contribution in [2.24, 2.45) is 11.7 Å². The first-order valence-electron chi connectivity index (χ1n) is 7.26. The molecule has 0 spiro atoms. The van der Waals surface area contributed by atoms with Gasteiger partial charge in [0.25, 0.3) is 0 Å². The van der Waals surface area contributed by atoms with E-state index in [1.54, 1.807) is 12.5 Å². The second-order valence-corrected chi connectivity index (χ2v) is 5.46. The Morgan fingerprint density at radius 2 is 2.26 bits per heavy atom. The molecule has 0 saturated heterocycles. The largest absolute Gasteiger partial charge is 0.354 e. The zero-order valence-corrected chi connectivity index (χ0v) is 11.4. The second-order valence-electron chi connectivity index (χ2n) is 5.46. The van der Waals surface area contributed by atoms with Gasteiger partial charge in [0.1, 0.15) is 0 Å². The van der Waals surface area contributed by atoms with E-state index in [2.05, 4.69) is 15.3 Å². The van der Waals surface area contributed by atoms with Crippen LogP contribution in [0.2, 0.25) is 0 Å². The summed E-state index contributed by atoms with van der Waals surface area (Å²) in [6, 6.07) is -0.357. The van der Waals surface area contributed by atoms with Crippen molar-refractivity contribution >= 4 is 5.91 Å². The van der Waals surface area contributed by atoms with E-state index >= 15 is 0 Å². The summed E-state index contributed by atoms with van der Waals surface area (Å²) in [7, 11) is 0. The molecule has 4 N–H and O–H groups in total. The molecule has 1 aromatic heterocycles. The van der Waals surface area contributed by atoms with Gasteiger partial charge in [-0.05, 0) is 12.3 Å². The van der Waals surface area contributed by atoms with Crippen LogP contribution in [-0.2, 0) is 11.2 Å². The van der Waals surface area contributed by atoms with Crippen molar-refractivity contribution < 1.29 is 4.79 Å². The average molecular weight is 264 g/mol. The second kappa shape index (κ2) is 7.28. The summed E-state index contributed by atoms with van der Waals surface area (Å²) in [4.78, 5) is 18.8. The maximum absolute atomic E-state index is 11.9. The number of nitrogens with zero attached hydrogens (tertiary/aromatic N) is 1. The number of aromatic nitrogens is 2. The lowest BCUT2D eigenvalue weighted by Gasteiger charge is -2.24. The monoisotopic (exact) mass is 264 g/mol. The predicted molar refractivity (Wildman–Crippen MR) is 74.5 cm³/mol. The Labute approximate surface area is 114 Å². The number of hydrogen-bond acceptors (Lipinski definition) is 3. The van der Waals surface area contributed by atoms with E-state index in [1.807, 2.05) is 0 Å². The Balaban J connectivity index is 1.64. The molecule has 1 atom stereocenters. The molecular weight excluding hydrogens is 240 g/mol. The molecule has 5 heteroatoms. The molecule has 1 fully saturated rings. The molecule has 19 heavy (non-hydrogen) atoms. The van der Waals surface area contributed by atoms with Gasteiger partial charge in [-0.1, -0.05) is 32.1 Å². The molecule has 1 amide bonds. The fraction of sp³-hybridized carbons (Fsp3) is 0.714. The standard InChI is InChI=1S/C14H24N4O/c15-13(8-11-4-2-1-3-5-11)14(19)17-7-6-12-9-16-10-18-12/h9-11,13H,1-8,15H2,(H,16,18)(H,17,19)/t13-/m0/s1. The predicted octanol–water partition coefficient (Wildman–Crippen LogP) is 1.37. The van der Waals surface area contributed by atoms with Crippen LogP contribution in [-0.4, -0.2) is 28.5 Å². The maximum Gasteiger partial charge on any atom is 0.236 e. The third-order valence-corrected chi connectivity index (χ3v) is 3.90.